The van der Waals surface area contributed by atoms with Gasteiger partial charge in [-0.3, -0.25) is 14.9 Å². The van der Waals surface area contributed by atoms with Gasteiger partial charge in [0.05, 0.1) is 29.3 Å². The van der Waals surface area contributed by atoms with Crippen LogP contribution in [-0.4, -0.2) is 40.4 Å². The summed E-state index contributed by atoms with van der Waals surface area (Å²) in [6, 6.07) is 15.0. The number of carbonyl (C=O) groups excluding carboxylic acids is 1. The van der Waals surface area contributed by atoms with E-state index in [1.165, 1.54) is 19.2 Å². The highest BCUT2D eigenvalue weighted by molar-refractivity contribution is 5.81. The van der Waals surface area contributed by atoms with E-state index in [1.807, 2.05) is 30.3 Å². The number of aromatic nitrogens is 2. The smallest absolute Gasteiger partial charge is 0.269 e. The number of benzene rings is 2. The SMILES string of the molecule is C#C[C@H](COC)NC(=O)Cc1cn(-c2ccccc2)nc1-c1ccc([N+](=O)[O-])cc1. The number of nitrogens with zero attached hydrogens (tertiary/aromatic N) is 3. The maximum absolute atomic E-state index is 12.5. The number of methoxy groups -OCH3 is 1. The third-order valence-corrected chi connectivity index (χ3v) is 4.38. The lowest BCUT2D eigenvalue weighted by molar-refractivity contribution is -0.384. The molecule has 0 radical (unpaired) electrons. The molecular formula is C22H20N4O4. The van der Waals surface area contributed by atoms with Crippen LogP contribution in [0.1, 0.15) is 5.56 Å². The van der Waals surface area contributed by atoms with Crippen LogP contribution in [0.4, 0.5) is 5.69 Å². The molecule has 0 aliphatic rings. The number of terminal acetylenes is 1. The number of nitro benzene ring substituents is 1. The van der Waals surface area contributed by atoms with Gasteiger partial charge in [-0.05, 0) is 24.3 Å². The Labute approximate surface area is 173 Å². The van der Waals surface area contributed by atoms with Crippen molar-refractivity contribution in [2.45, 2.75) is 12.5 Å². The van der Waals surface area contributed by atoms with Crippen LogP contribution in [0.3, 0.4) is 0 Å². The summed E-state index contributed by atoms with van der Waals surface area (Å²) in [6.07, 6.45) is 7.24. The zero-order chi connectivity index (χ0) is 21.5. The van der Waals surface area contributed by atoms with Crippen LogP contribution < -0.4 is 5.32 Å². The summed E-state index contributed by atoms with van der Waals surface area (Å²) in [5.74, 6) is 2.20. The van der Waals surface area contributed by atoms with E-state index in [9.17, 15) is 14.9 Å². The molecule has 0 unspecified atom stereocenters. The molecule has 0 spiro atoms. The van der Waals surface area contributed by atoms with E-state index < -0.39 is 11.0 Å². The van der Waals surface area contributed by atoms with Crippen molar-refractivity contribution in [1.29, 1.82) is 0 Å². The number of para-hydroxylation sites is 1. The van der Waals surface area contributed by atoms with Crippen LogP contribution >= 0.6 is 0 Å². The Kier molecular flexibility index (Phi) is 6.57. The topological polar surface area (TPSA) is 99.3 Å². The van der Waals surface area contributed by atoms with Gasteiger partial charge >= 0.3 is 0 Å². The molecule has 30 heavy (non-hydrogen) atoms. The van der Waals surface area contributed by atoms with Crippen molar-refractivity contribution in [3.8, 4) is 29.3 Å². The number of carbonyl (C=O) groups is 1. The molecule has 0 fully saturated rings. The van der Waals surface area contributed by atoms with Crippen molar-refractivity contribution in [3.63, 3.8) is 0 Å². The Morgan fingerprint density at radius 1 is 1.27 bits per heavy atom. The van der Waals surface area contributed by atoms with Crippen molar-refractivity contribution in [2.24, 2.45) is 0 Å². The summed E-state index contributed by atoms with van der Waals surface area (Å²) in [7, 11) is 1.51. The number of nitrogens with one attached hydrogen (secondary N) is 1. The summed E-state index contributed by atoms with van der Waals surface area (Å²) >= 11 is 0. The number of amides is 1. The van der Waals surface area contributed by atoms with Crippen LogP contribution in [0.5, 0.6) is 0 Å². The van der Waals surface area contributed by atoms with E-state index >= 15 is 0 Å². The first kappa shape index (κ1) is 20.8. The minimum absolute atomic E-state index is 0.0167. The van der Waals surface area contributed by atoms with Crippen LogP contribution in [-0.2, 0) is 16.0 Å². The van der Waals surface area contributed by atoms with Gasteiger partial charge in [0.15, 0.2) is 0 Å². The van der Waals surface area contributed by atoms with E-state index in [0.29, 0.717) is 16.8 Å². The first-order valence-electron chi connectivity index (χ1n) is 9.15. The van der Waals surface area contributed by atoms with E-state index in [4.69, 9.17) is 11.2 Å². The Hall–Kier alpha value is -3.96. The normalized spacial score (nSPS) is 11.5. The van der Waals surface area contributed by atoms with Gasteiger partial charge in [-0.15, -0.1) is 6.42 Å². The molecule has 0 aliphatic heterocycles. The Balaban J connectivity index is 1.94. The fraction of sp³-hybridized carbons (Fsp3) is 0.182. The first-order chi connectivity index (χ1) is 14.5. The van der Waals surface area contributed by atoms with E-state index in [-0.39, 0.29) is 24.6 Å². The molecule has 3 aromatic rings. The third kappa shape index (κ3) is 4.90. The molecule has 0 saturated carbocycles. The number of ether oxygens (including phenoxy) is 1. The molecule has 2 aromatic carbocycles. The molecule has 1 aromatic heterocycles. The van der Waals surface area contributed by atoms with Crippen molar-refractivity contribution < 1.29 is 14.5 Å². The van der Waals surface area contributed by atoms with Crippen LogP contribution in [0.2, 0.25) is 0 Å². The number of non-ortho nitro benzene ring substituents is 1. The molecule has 8 nitrogen and oxygen atoms in total. The first-order valence-corrected chi connectivity index (χ1v) is 9.15. The van der Waals surface area contributed by atoms with Gasteiger partial charge in [-0.25, -0.2) is 4.68 Å². The van der Waals surface area contributed by atoms with Crippen molar-refractivity contribution in [3.05, 3.63) is 76.5 Å². The molecule has 152 valence electrons. The van der Waals surface area contributed by atoms with Crippen LogP contribution in [0, 0.1) is 22.5 Å². The number of nitro groups is 1. The highest BCUT2D eigenvalue weighted by Gasteiger charge is 2.18. The third-order valence-electron chi connectivity index (χ3n) is 4.38. The Morgan fingerprint density at radius 2 is 1.97 bits per heavy atom. The molecule has 0 aliphatic carbocycles. The Bertz CT molecular complexity index is 1070. The van der Waals surface area contributed by atoms with Gasteiger partial charge in [0, 0.05) is 36.6 Å². The lowest BCUT2D eigenvalue weighted by atomic mass is 10.1. The molecule has 1 amide bonds. The standard InChI is InChI=1S/C22H20N4O4/c1-3-18(15-30-2)23-21(27)13-17-14-25(19-7-5-4-6-8-19)24-22(17)16-9-11-20(12-10-16)26(28)29/h1,4-12,14,18H,13,15H2,2H3,(H,23,27)/t18-/m1/s1. The number of rotatable bonds is 8. The molecule has 0 bridgehead atoms. The summed E-state index contributed by atoms with van der Waals surface area (Å²) in [5.41, 5.74) is 2.71. The molecule has 1 atom stereocenters. The number of hydrogen-bond donors (Lipinski definition) is 1. The van der Waals surface area contributed by atoms with Gasteiger partial charge in [0.25, 0.3) is 5.69 Å². The fourth-order valence-corrected chi connectivity index (χ4v) is 2.95. The number of hydrogen-bond acceptors (Lipinski definition) is 5. The average molecular weight is 404 g/mol. The van der Waals surface area contributed by atoms with Crippen molar-refractivity contribution >= 4 is 11.6 Å². The monoisotopic (exact) mass is 404 g/mol. The summed E-state index contributed by atoms with van der Waals surface area (Å²) in [5, 5.41) is 18.3. The zero-order valence-electron chi connectivity index (χ0n) is 16.3. The summed E-state index contributed by atoms with van der Waals surface area (Å²) < 4.78 is 6.68. The molecular weight excluding hydrogens is 384 g/mol. The van der Waals surface area contributed by atoms with E-state index in [1.54, 1.807) is 23.0 Å². The van der Waals surface area contributed by atoms with Gasteiger partial charge in [0.2, 0.25) is 5.91 Å². The summed E-state index contributed by atoms with van der Waals surface area (Å²) in [6.45, 7) is 0.209. The lowest BCUT2D eigenvalue weighted by Gasteiger charge is -2.11. The molecule has 3 rings (SSSR count). The largest absolute Gasteiger partial charge is 0.382 e. The van der Waals surface area contributed by atoms with Crippen molar-refractivity contribution in [1.82, 2.24) is 15.1 Å². The van der Waals surface area contributed by atoms with Gasteiger partial charge in [-0.1, -0.05) is 24.1 Å². The molecule has 1 N–H and O–H groups in total. The van der Waals surface area contributed by atoms with E-state index in [2.05, 4.69) is 16.3 Å². The minimum Gasteiger partial charge on any atom is -0.382 e. The van der Waals surface area contributed by atoms with E-state index in [0.717, 1.165) is 5.69 Å². The maximum atomic E-state index is 12.5. The van der Waals surface area contributed by atoms with Crippen LogP contribution in [0.15, 0.2) is 60.8 Å². The highest BCUT2D eigenvalue weighted by atomic mass is 16.6. The lowest BCUT2D eigenvalue weighted by Crippen LogP contribution is -2.37. The van der Waals surface area contributed by atoms with Gasteiger partial charge < -0.3 is 10.1 Å². The predicted molar refractivity (Wildman–Crippen MR) is 112 cm³/mol. The minimum atomic E-state index is -0.533. The quantitative estimate of drug-likeness (QED) is 0.354. The van der Waals surface area contributed by atoms with Crippen molar-refractivity contribution in [2.75, 3.05) is 13.7 Å². The second-order valence-corrected chi connectivity index (χ2v) is 6.51. The molecule has 8 heteroatoms. The second kappa shape index (κ2) is 9.49. The predicted octanol–water partition coefficient (Wildman–Crippen LogP) is 2.75. The maximum Gasteiger partial charge on any atom is 0.269 e. The fourth-order valence-electron chi connectivity index (χ4n) is 2.95. The highest BCUT2D eigenvalue weighted by Crippen LogP contribution is 2.26. The van der Waals surface area contributed by atoms with Gasteiger partial charge in [-0.2, -0.15) is 5.10 Å². The summed E-state index contributed by atoms with van der Waals surface area (Å²) in [4.78, 5) is 23.0. The average Bonchev–Trinajstić information content (AvgIpc) is 3.17. The second-order valence-electron chi connectivity index (χ2n) is 6.51. The Morgan fingerprint density at radius 3 is 2.57 bits per heavy atom. The molecule has 0 saturated heterocycles. The van der Waals surface area contributed by atoms with Gasteiger partial charge in [0.1, 0.15) is 6.04 Å². The zero-order valence-corrected chi connectivity index (χ0v) is 16.3. The van der Waals surface area contributed by atoms with Crippen LogP contribution in [0.25, 0.3) is 16.9 Å². The molecule has 1 heterocycles.